The zero-order valence-corrected chi connectivity index (χ0v) is 12.6. The van der Waals surface area contributed by atoms with Crippen LogP contribution in [0.2, 0.25) is 0 Å². The average Bonchev–Trinajstić information content (AvgIpc) is 2.46. The molecule has 2 rings (SSSR count). The standard InChI is InChI=1S/C15H26N4O/c1-3-10-20-15-13(16)4-5-14(18-15)17-11-12-6-8-19(2)9-7-12/h4-5,12H,3,6-11,16H2,1-2H3,(H,17,18). The van der Waals surface area contributed by atoms with Gasteiger partial charge in [-0.15, -0.1) is 0 Å². The quantitative estimate of drug-likeness (QED) is 0.835. The fraction of sp³-hybridized carbons (Fsp3) is 0.667. The molecular formula is C15H26N4O. The van der Waals surface area contributed by atoms with Crippen LogP contribution in [0.4, 0.5) is 11.5 Å². The Kier molecular flexibility index (Phi) is 5.47. The summed E-state index contributed by atoms with van der Waals surface area (Å²) < 4.78 is 5.55. The molecule has 0 spiro atoms. The molecule has 1 saturated heterocycles. The predicted molar refractivity (Wildman–Crippen MR) is 83.1 cm³/mol. The zero-order valence-electron chi connectivity index (χ0n) is 12.6. The van der Waals surface area contributed by atoms with E-state index in [2.05, 4.69) is 29.2 Å². The van der Waals surface area contributed by atoms with E-state index < -0.39 is 0 Å². The Morgan fingerprint density at radius 2 is 2.15 bits per heavy atom. The molecule has 2 heterocycles. The van der Waals surface area contributed by atoms with Crippen molar-refractivity contribution in [3.63, 3.8) is 0 Å². The Labute approximate surface area is 121 Å². The molecule has 0 amide bonds. The lowest BCUT2D eigenvalue weighted by Crippen LogP contribution is -2.33. The van der Waals surface area contributed by atoms with Crippen LogP contribution in [0.3, 0.4) is 0 Å². The van der Waals surface area contributed by atoms with Crippen molar-refractivity contribution in [1.29, 1.82) is 0 Å². The van der Waals surface area contributed by atoms with Gasteiger partial charge in [-0.1, -0.05) is 6.92 Å². The monoisotopic (exact) mass is 278 g/mol. The summed E-state index contributed by atoms with van der Waals surface area (Å²) in [5.41, 5.74) is 6.46. The molecule has 0 unspecified atom stereocenters. The zero-order chi connectivity index (χ0) is 14.4. The SMILES string of the molecule is CCCOc1nc(NCC2CCN(C)CC2)ccc1N. The summed E-state index contributed by atoms with van der Waals surface area (Å²) in [7, 11) is 2.18. The highest BCUT2D eigenvalue weighted by atomic mass is 16.5. The van der Waals surface area contributed by atoms with E-state index in [0.29, 0.717) is 18.2 Å². The topological polar surface area (TPSA) is 63.4 Å². The maximum atomic E-state index is 5.86. The van der Waals surface area contributed by atoms with Crippen LogP contribution in [0.5, 0.6) is 5.88 Å². The van der Waals surface area contributed by atoms with Crippen molar-refractivity contribution in [2.45, 2.75) is 26.2 Å². The van der Waals surface area contributed by atoms with Gasteiger partial charge in [0.1, 0.15) is 5.82 Å². The van der Waals surface area contributed by atoms with Crippen LogP contribution in [-0.4, -0.2) is 43.2 Å². The fourth-order valence-corrected chi connectivity index (χ4v) is 2.38. The molecule has 0 saturated carbocycles. The molecule has 5 nitrogen and oxygen atoms in total. The van der Waals surface area contributed by atoms with Gasteiger partial charge in [0.05, 0.1) is 12.3 Å². The van der Waals surface area contributed by atoms with E-state index >= 15 is 0 Å². The molecule has 0 atom stereocenters. The summed E-state index contributed by atoms with van der Waals surface area (Å²) in [6.45, 7) is 6.06. The molecule has 1 aromatic rings. The molecule has 1 fully saturated rings. The van der Waals surface area contributed by atoms with Gasteiger partial charge in [-0.3, -0.25) is 0 Å². The maximum absolute atomic E-state index is 5.86. The number of piperidine rings is 1. The number of pyridine rings is 1. The van der Waals surface area contributed by atoms with Gasteiger partial charge in [0.25, 0.3) is 0 Å². The van der Waals surface area contributed by atoms with Gasteiger partial charge in [0.2, 0.25) is 5.88 Å². The number of hydrogen-bond acceptors (Lipinski definition) is 5. The summed E-state index contributed by atoms with van der Waals surface area (Å²) in [4.78, 5) is 6.82. The molecule has 20 heavy (non-hydrogen) atoms. The van der Waals surface area contributed by atoms with E-state index in [1.54, 1.807) is 0 Å². The number of anilines is 2. The van der Waals surface area contributed by atoms with Crippen molar-refractivity contribution in [1.82, 2.24) is 9.88 Å². The Balaban J connectivity index is 1.86. The van der Waals surface area contributed by atoms with Crippen molar-refractivity contribution in [2.24, 2.45) is 5.92 Å². The van der Waals surface area contributed by atoms with Crippen LogP contribution >= 0.6 is 0 Å². The summed E-state index contributed by atoms with van der Waals surface area (Å²) in [6.07, 6.45) is 3.45. The molecular weight excluding hydrogens is 252 g/mol. The number of aromatic nitrogens is 1. The number of nitrogens with zero attached hydrogens (tertiary/aromatic N) is 2. The molecule has 0 aliphatic carbocycles. The van der Waals surface area contributed by atoms with Crippen LogP contribution in [0, 0.1) is 5.92 Å². The van der Waals surface area contributed by atoms with Crippen molar-refractivity contribution >= 4 is 11.5 Å². The molecule has 3 N–H and O–H groups in total. The van der Waals surface area contributed by atoms with Crippen molar-refractivity contribution in [3.05, 3.63) is 12.1 Å². The Bertz CT molecular complexity index is 416. The van der Waals surface area contributed by atoms with Crippen molar-refractivity contribution in [2.75, 3.05) is 44.3 Å². The van der Waals surface area contributed by atoms with Crippen LogP contribution in [0.25, 0.3) is 0 Å². The number of nitrogen functional groups attached to an aromatic ring is 1. The third-order valence-electron chi connectivity index (χ3n) is 3.74. The number of hydrogen-bond donors (Lipinski definition) is 2. The van der Waals surface area contributed by atoms with E-state index in [-0.39, 0.29) is 0 Å². The number of nitrogens with one attached hydrogen (secondary N) is 1. The van der Waals surface area contributed by atoms with Gasteiger partial charge in [0, 0.05) is 6.54 Å². The summed E-state index contributed by atoms with van der Waals surface area (Å²) in [5, 5.41) is 3.41. The Morgan fingerprint density at radius 1 is 1.40 bits per heavy atom. The highest BCUT2D eigenvalue weighted by Crippen LogP contribution is 2.22. The van der Waals surface area contributed by atoms with Crippen molar-refractivity contribution in [3.8, 4) is 5.88 Å². The Hall–Kier alpha value is -1.49. The Morgan fingerprint density at radius 3 is 2.85 bits per heavy atom. The molecule has 0 aromatic carbocycles. The highest BCUT2D eigenvalue weighted by molar-refractivity contribution is 5.53. The molecule has 1 aliphatic rings. The normalized spacial score (nSPS) is 17.1. The predicted octanol–water partition coefficient (Wildman–Crippen LogP) is 2.21. The lowest BCUT2D eigenvalue weighted by molar-refractivity contribution is 0.226. The van der Waals surface area contributed by atoms with Gasteiger partial charge >= 0.3 is 0 Å². The number of nitrogens with two attached hydrogens (primary N) is 1. The minimum Gasteiger partial charge on any atom is -0.476 e. The lowest BCUT2D eigenvalue weighted by Gasteiger charge is -2.29. The van der Waals surface area contributed by atoms with E-state index in [9.17, 15) is 0 Å². The summed E-state index contributed by atoms with van der Waals surface area (Å²) in [6, 6.07) is 3.78. The van der Waals surface area contributed by atoms with Crippen LogP contribution in [0.15, 0.2) is 12.1 Å². The van der Waals surface area contributed by atoms with Crippen LogP contribution in [0.1, 0.15) is 26.2 Å². The summed E-state index contributed by atoms with van der Waals surface area (Å²) >= 11 is 0. The average molecular weight is 278 g/mol. The van der Waals surface area contributed by atoms with Crippen LogP contribution < -0.4 is 15.8 Å². The lowest BCUT2D eigenvalue weighted by atomic mass is 9.97. The van der Waals surface area contributed by atoms with Gasteiger partial charge in [-0.2, -0.15) is 4.98 Å². The van der Waals surface area contributed by atoms with Gasteiger partial charge in [-0.05, 0) is 57.5 Å². The molecule has 1 aliphatic heterocycles. The third-order valence-corrected chi connectivity index (χ3v) is 3.74. The maximum Gasteiger partial charge on any atom is 0.239 e. The summed E-state index contributed by atoms with van der Waals surface area (Å²) in [5.74, 6) is 2.12. The fourth-order valence-electron chi connectivity index (χ4n) is 2.38. The molecule has 112 valence electrons. The molecule has 5 heteroatoms. The van der Waals surface area contributed by atoms with E-state index in [4.69, 9.17) is 10.5 Å². The second-order valence-electron chi connectivity index (χ2n) is 5.57. The first-order valence-electron chi connectivity index (χ1n) is 7.50. The van der Waals surface area contributed by atoms with Gasteiger partial charge in [-0.25, -0.2) is 0 Å². The van der Waals surface area contributed by atoms with Crippen LogP contribution in [-0.2, 0) is 0 Å². The highest BCUT2D eigenvalue weighted by Gasteiger charge is 2.16. The minimum absolute atomic E-state index is 0.542. The largest absolute Gasteiger partial charge is 0.476 e. The molecule has 0 radical (unpaired) electrons. The molecule has 1 aromatic heterocycles. The van der Waals surface area contributed by atoms with Gasteiger partial charge < -0.3 is 20.7 Å². The number of rotatable bonds is 6. The smallest absolute Gasteiger partial charge is 0.239 e. The number of likely N-dealkylation sites (tertiary alicyclic amines) is 1. The minimum atomic E-state index is 0.542. The van der Waals surface area contributed by atoms with Gasteiger partial charge in [0.15, 0.2) is 0 Å². The van der Waals surface area contributed by atoms with E-state index in [0.717, 1.165) is 24.7 Å². The van der Waals surface area contributed by atoms with E-state index in [1.165, 1.54) is 25.9 Å². The van der Waals surface area contributed by atoms with E-state index in [1.807, 2.05) is 12.1 Å². The third kappa shape index (κ3) is 4.27. The molecule has 0 bridgehead atoms. The second-order valence-corrected chi connectivity index (χ2v) is 5.57. The second kappa shape index (κ2) is 7.33. The number of ether oxygens (including phenoxy) is 1. The first-order valence-corrected chi connectivity index (χ1v) is 7.50. The van der Waals surface area contributed by atoms with Crippen molar-refractivity contribution < 1.29 is 4.74 Å². The first-order chi connectivity index (χ1) is 9.69. The first kappa shape index (κ1) is 14.9.